The van der Waals surface area contributed by atoms with Crippen molar-refractivity contribution in [2.75, 3.05) is 13.2 Å². The van der Waals surface area contributed by atoms with Gasteiger partial charge in [-0.25, -0.2) is 4.39 Å². The van der Waals surface area contributed by atoms with Crippen LogP contribution in [-0.4, -0.2) is 13.2 Å². The van der Waals surface area contributed by atoms with Gasteiger partial charge in [0.05, 0.1) is 6.61 Å². The topological polar surface area (TPSA) is 21.3 Å². The van der Waals surface area contributed by atoms with E-state index in [-0.39, 0.29) is 5.82 Å². The van der Waals surface area contributed by atoms with Crippen LogP contribution in [0, 0.1) is 11.7 Å². The number of hydrogen-bond acceptors (Lipinski definition) is 2. The molecule has 0 amide bonds. The van der Waals surface area contributed by atoms with E-state index in [9.17, 15) is 4.39 Å². The van der Waals surface area contributed by atoms with Crippen LogP contribution in [-0.2, 0) is 6.54 Å². The molecule has 0 unspecified atom stereocenters. The molecule has 0 aliphatic carbocycles. The SMILES string of the molecule is CCCCOc1ccc(CNCC(C)C)cc1F. The van der Waals surface area contributed by atoms with E-state index in [4.69, 9.17) is 4.74 Å². The molecule has 18 heavy (non-hydrogen) atoms. The Bertz CT molecular complexity index is 352. The summed E-state index contributed by atoms with van der Waals surface area (Å²) in [5.74, 6) is 0.692. The molecule has 0 aliphatic heterocycles. The number of rotatable bonds is 8. The summed E-state index contributed by atoms with van der Waals surface area (Å²) in [6, 6.07) is 5.18. The first kappa shape index (κ1) is 15.0. The zero-order chi connectivity index (χ0) is 13.4. The zero-order valence-electron chi connectivity index (χ0n) is 11.6. The fourth-order valence-corrected chi connectivity index (χ4v) is 1.60. The number of hydrogen-bond donors (Lipinski definition) is 1. The third kappa shape index (κ3) is 5.50. The fraction of sp³-hybridized carbons (Fsp3) is 0.600. The van der Waals surface area contributed by atoms with E-state index in [1.54, 1.807) is 12.1 Å². The average molecular weight is 253 g/mol. The first-order valence-electron chi connectivity index (χ1n) is 6.75. The van der Waals surface area contributed by atoms with E-state index in [1.165, 1.54) is 0 Å². The van der Waals surface area contributed by atoms with Gasteiger partial charge in [-0.15, -0.1) is 0 Å². The quantitative estimate of drug-likeness (QED) is 0.712. The molecule has 3 heteroatoms. The third-order valence-electron chi connectivity index (χ3n) is 2.63. The van der Waals surface area contributed by atoms with E-state index in [2.05, 4.69) is 26.1 Å². The van der Waals surface area contributed by atoms with Crippen LogP contribution in [0.2, 0.25) is 0 Å². The molecular weight excluding hydrogens is 229 g/mol. The maximum Gasteiger partial charge on any atom is 0.165 e. The molecular formula is C15H24FNO. The van der Waals surface area contributed by atoms with Gasteiger partial charge in [-0.3, -0.25) is 0 Å². The van der Waals surface area contributed by atoms with Crippen molar-refractivity contribution < 1.29 is 9.13 Å². The monoisotopic (exact) mass is 253 g/mol. The van der Waals surface area contributed by atoms with Gasteiger partial charge in [0.2, 0.25) is 0 Å². The molecule has 2 nitrogen and oxygen atoms in total. The van der Waals surface area contributed by atoms with Crippen molar-refractivity contribution in [1.82, 2.24) is 5.32 Å². The van der Waals surface area contributed by atoms with Gasteiger partial charge in [-0.05, 0) is 36.6 Å². The van der Waals surface area contributed by atoms with Crippen LogP contribution >= 0.6 is 0 Å². The standard InChI is InChI=1S/C15H24FNO/c1-4-5-8-18-15-7-6-13(9-14(15)16)11-17-10-12(2)3/h6-7,9,12,17H,4-5,8,10-11H2,1-3H3. The van der Waals surface area contributed by atoms with Gasteiger partial charge in [-0.2, -0.15) is 0 Å². The van der Waals surface area contributed by atoms with E-state index >= 15 is 0 Å². The van der Waals surface area contributed by atoms with Crippen molar-refractivity contribution in [3.63, 3.8) is 0 Å². The Labute approximate surface area is 110 Å². The molecule has 0 saturated heterocycles. The smallest absolute Gasteiger partial charge is 0.165 e. The first-order chi connectivity index (χ1) is 8.63. The van der Waals surface area contributed by atoms with Crippen LogP contribution < -0.4 is 10.1 Å². The molecule has 0 heterocycles. The number of unbranched alkanes of at least 4 members (excludes halogenated alkanes) is 1. The number of nitrogens with one attached hydrogen (secondary N) is 1. The van der Waals surface area contributed by atoms with E-state index in [0.29, 0.717) is 24.8 Å². The minimum absolute atomic E-state index is 0.269. The summed E-state index contributed by atoms with van der Waals surface area (Å²) in [6.45, 7) is 8.61. The van der Waals surface area contributed by atoms with Crippen molar-refractivity contribution in [2.45, 2.75) is 40.2 Å². The van der Waals surface area contributed by atoms with E-state index in [1.807, 2.05) is 6.07 Å². The second-order valence-electron chi connectivity index (χ2n) is 4.99. The predicted octanol–water partition coefficient (Wildman–Crippen LogP) is 3.75. The molecule has 0 fully saturated rings. The van der Waals surface area contributed by atoms with E-state index < -0.39 is 0 Å². The third-order valence-corrected chi connectivity index (χ3v) is 2.63. The molecule has 1 rings (SSSR count). The summed E-state index contributed by atoms with van der Waals surface area (Å²) in [5.41, 5.74) is 0.955. The van der Waals surface area contributed by atoms with Crippen molar-refractivity contribution in [2.24, 2.45) is 5.92 Å². The summed E-state index contributed by atoms with van der Waals surface area (Å²) in [4.78, 5) is 0. The molecule has 0 atom stereocenters. The first-order valence-corrected chi connectivity index (χ1v) is 6.75. The fourth-order valence-electron chi connectivity index (χ4n) is 1.60. The van der Waals surface area contributed by atoms with Gasteiger partial charge in [0.1, 0.15) is 0 Å². The minimum atomic E-state index is -0.269. The maximum atomic E-state index is 13.7. The summed E-state index contributed by atoms with van der Waals surface area (Å²) < 4.78 is 19.1. The number of halogens is 1. The molecule has 0 bridgehead atoms. The van der Waals surface area contributed by atoms with Crippen molar-refractivity contribution >= 4 is 0 Å². The largest absolute Gasteiger partial charge is 0.491 e. The van der Waals surface area contributed by atoms with Crippen molar-refractivity contribution in [1.29, 1.82) is 0 Å². The molecule has 1 aromatic carbocycles. The van der Waals surface area contributed by atoms with Crippen LogP contribution in [0.25, 0.3) is 0 Å². The van der Waals surface area contributed by atoms with Gasteiger partial charge in [0, 0.05) is 6.54 Å². The highest BCUT2D eigenvalue weighted by Gasteiger charge is 2.04. The van der Waals surface area contributed by atoms with Crippen molar-refractivity contribution in [3.05, 3.63) is 29.6 Å². The van der Waals surface area contributed by atoms with Gasteiger partial charge < -0.3 is 10.1 Å². The van der Waals surface area contributed by atoms with Gasteiger partial charge in [0.15, 0.2) is 11.6 Å². The Hall–Kier alpha value is -1.09. The molecule has 0 aromatic heterocycles. The zero-order valence-corrected chi connectivity index (χ0v) is 11.6. The lowest BCUT2D eigenvalue weighted by atomic mass is 10.2. The van der Waals surface area contributed by atoms with Crippen LogP contribution in [0.1, 0.15) is 39.2 Å². The number of ether oxygens (including phenoxy) is 1. The lowest BCUT2D eigenvalue weighted by molar-refractivity contribution is 0.294. The normalized spacial score (nSPS) is 10.9. The second-order valence-corrected chi connectivity index (χ2v) is 4.99. The summed E-state index contributed by atoms with van der Waals surface area (Å²) in [5, 5.41) is 3.29. The van der Waals surface area contributed by atoms with Crippen LogP contribution in [0.3, 0.4) is 0 Å². The highest BCUT2D eigenvalue weighted by Crippen LogP contribution is 2.18. The molecule has 102 valence electrons. The maximum absolute atomic E-state index is 13.7. The van der Waals surface area contributed by atoms with Crippen LogP contribution in [0.15, 0.2) is 18.2 Å². The Morgan fingerprint density at radius 1 is 1.33 bits per heavy atom. The molecule has 0 saturated carbocycles. The second kappa shape index (κ2) is 8.09. The number of benzene rings is 1. The highest BCUT2D eigenvalue weighted by molar-refractivity contribution is 5.29. The Balaban J connectivity index is 2.45. The highest BCUT2D eigenvalue weighted by atomic mass is 19.1. The molecule has 1 aromatic rings. The Kier molecular flexibility index (Phi) is 6.73. The lowest BCUT2D eigenvalue weighted by Crippen LogP contribution is -2.19. The lowest BCUT2D eigenvalue weighted by Gasteiger charge is -2.10. The van der Waals surface area contributed by atoms with Crippen LogP contribution in [0.4, 0.5) is 4.39 Å². The van der Waals surface area contributed by atoms with Gasteiger partial charge in [0.25, 0.3) is 0 Å². The molecule has 1 N–H and O–H groups in total. The Morgan fingerprint density at radius 2 is 2.11 bits per heavy atom. The van der Waals surface area contributed by atoms with Crippen LogP contribution in [0.5, 0.6) is 5.75 Å². The Morgan fingerprint density at radius 3 is 2.72 bits per heavy atom. The van der Waals surface area contributed by atoms with Crippen molar-refractivity contribution in [3.8, 4) is 5.75 Å². The average Bonchev–Trinajstić information content (AvgIpc) is 2.31. The molecule has 0 radical (unpaired) electrons. The summed E-state index contributed by atoms with van der Waals surface area (Å²) in [7, 11) is 0. The van der Waals surface area contributed by atoms with E-state index in [0.717, 1.165) is 24.9 Å². The minimum Gasteiger partial charge on any atom is -0.491 e. The summed E-state index contributed by atoms with van der Waals surface area (Å²) >= 11 is 0. The van der Waals surface area contributed by atoms with Gasteiger partial charge >= 0.3 is 0 Å². The van der Waals surface area contributed by atoms with Gasteiger partial charge in [-0.1, -0.05) is 33.3 Å². The molecule has 0 aliphatic rings. The molecule has 0 spiro atoms. The predicted molar refractivity (Wildman–Crippen MR) is 73.3 cm³/mol. The summed E-state index contributed by atoms with van der Waals surface area (Å²) in [6.07, 6.45) is 2.01.